The van der Waals surface area contributed by atoms with Crippen molar-refractivity contribution in [2.24, 2.45) is 0 Å². The zero-order valence-corrected chi connectivity index (χ0v) is 13.9. The van der Waals surface area contributed by atoms with E-state index in [2.05, 4.69) is 50.4 Å². The minimum Gasteiger partial charge on any atom is -0.348 e. The van der Waals surface area contributed by atoms with Crippen LogP contribution in [0.5, 0.6) is 0 Å². The van der Waals surface area contributed by atoms with E-state index in [0.29, 0.717) is 5.56 Å². The molecule has 2 aromatic carbocycles. The number of halogens is 1. The Bertz CT molecular complexity index is 645. The van der Waals surface area contributed by atoms with E-state index >= 15 is 0 Å². The summed E-state index contributed by atoms with van der Waals surface area (Å²) < 4.78 is 0.928. The van der Waals surface area contributed by atoms with E-state index in [-0.39, 0.29) is 11.9 Å². The zero-order valence-electron chi connectivity index (χ0n) is 12.3. The Kier molecular flexibility index (Phi) is 4.90. The Hall–Kier alpha value is -1.65. The van der Waals surface area contributed by atoms with Crippen LogP contribution in [0.4, 0.5) is 0 Å². The van der Waals surface area contributed by atoms with Gasteiger partial charge in [-0.3, -0.25) is 9.69 Å². The quantitative estimate of drug-likeness (QED) is 0.907. The second kappa shape index (κ2) is 7.07. The molecule has 0 radical (unpaired) electrons. The number of benzene rings is 2. The van der Waals surface area contributed by atoms with E-state index in [9.17, 15) is 4.79 Å². The van der Waals surface area contributed by atoms with Crippen molar-refractivity contribution in [2.45, 2.75) is 19.0 Å². The third-order valence-electron chi connectivity index (χ3n) is 3.94. The average molecular weight is 359 g/mol. The lowest BCUT2D eigenvalue weighted by molar-refractivity contribution is 0.0937. The summed E-state index contributed by atoms with van der Waals surface area (Å²) in [7, 11) is 0. The summed E-state index contributed by atoms with van der Waals surface area (Å²) in [5.74, 6) is 0.00728. The van der Waals surface area contributed by atoms with E-state index in [1.54, 1.807) is 0 Å². The first-order valence-corrected chi connectivity index (χ1v) is 8.33. The van der Waals surface area contributed by atoms with Gasteiger partial charge in [-0.05, 0) is 30.2 Å². The van der Waals surface area contributed by atoms with Gasteiger partial charge in [0.15, 0.2) is 0 Å². The molecule has 0 spiro atoms. The fourth-order valence-corrected chi connectivity index (χ4v) is 3.23. The highest BCUT2D eigenvalue weighted by molar-refractivity contribution is 9.10. The standard InChI is InChI=1S/C18H19BrN2O/c19-16-8-4-7-15(11-16)18(22)20-17-9-10-21(13-17)12-14-5-2-1-3-6-14/h1-8,11,17H,9-10,12-13H2,(H,20,22). The number of carbonyl (C=O) groups excluding carboxylic acids is 1. The number of amides is 1. The fraction of sp³-hybridized carbons (Fsp3) is 0.278. The summed E-state index contributed by atoms with van der Waals surface area (Å²) in [6.07, 6.45) is 1.01. The van der Waals surface area contributed by atoms with Gasteiger partial charge in [-0.2, -0.15) is 0 Å². The van der Waals surface area contributed by atoms with Crippen LogP contribution in [-0.2, 0) is 6.54 Å². The number of carbonyl (C=O) groups is 1. The third-order valence-corrected chi connectivity index (χ3v) is 4.44. The molecule has 1 fully saturated rings. The van der Waals surface area contributed by atoms with E-state index in [1.807, 2.05) is 30.3 Å². The number of hydrogen-bond donors (Lipinski definition) is 1. The van der Waals surface area contributed by atoms with Crippen molar-refractivity contribution < 1.29 is 4.79 Å². The minimum atomic E-state index is 0.00728. The molecule has 22 heavy (non-hydrogen) atoms. The Morgan fingerprint density at radius 1 is 1.18 bits per heavy atom. The van der Waals surface area contributed by atoms with Crippen LogP contribution in [0.2, 0.25) is 0 Å². The van der Waals surface area contributed by atoms with Crippen molar-refractivity contribution in [3.63, 3.8) is 0 Å². The van der Waals surface area contributed by atoms with Crippen LogP contribution in [0, 0.1) is 0 Å². The van der Waals surface area contributed by atoms with Crippen LogP contribution in [0.25, 0.3) is 0 Å². The molecule has 1 heterocycles. The summed E-state index contributed by atoms with van der Waals surface area (Å²) in [5, 5.41) is 3.14. The molecule has 3 rings (SSSR count). The highest BCUT2D eigenvalue weighted by Gasteiger charge is 2.24. The van der Waals surface area contributed by atoms with Crippen LogP contribution >= 0.6 is 15.9 Å². The first-order chi connectivity index (χ1) is 10.7. The Labute approximate surface area is 139 Å². The van der Waals surface area contributed by atoms with Gasteiger partial charge in [-0.15, -0.1) is 0 Å². The molecule has 2 aromatic rings. The van der Waals surface area contributed by atoms with Crippen LogP contribution in [0.1, 0.15) is 22.3 Å². The van der Waals surface area contributed by atoms with Crippen LogP contribution in [0.3, 0.4) is 0 Å². The largest absolute Gasteiger partial charge is 0.348 e. The van der Waals surface area contributed by atoms with Gasteiger partial charge in [-0.1, -0.05) is 52.3 Å². The molecule has 3 nitrogen and oxygen atoms in total. The topological polar surface area (TPSA) is 32.3 Å². The molecule has 1 atom stereocenters. The average Bonchev–Trinajstić information content (AvgIpc) is 2.95. The summed E-state index contributed by atoms with van der Waals surface area (Å²) >= 11 is 3.40. The maximum Gasteiger partial charge on any atom is 0.251 e. The van der Waals surface area contributed by atoms with Gasteiger partial charge in [-0.25, -0.2) is 0 Å². The number of hydrogen-bond acceptors (Lipinski definition) is 2. The van der Waals surface area contributed by atoms with Gasteiger partial charge in [0.2, 0.25) is 0 Å². The number of nitrogens with one attached hydrogen (secondary N) is 1. The Balaban J connectivity index is 1.54. The van der Waals surface area contributed by atoms with Gasteiger partial charge < -0.3 is 5.32 Å². The van der Waals surface area contributed by atoms with Gasteiger partial charge >= 0.3 is 0 Å². The molecule has 1 N–H and O–H groups in total. The SMILES string of the molecule is O=C(NC1CCN(Cc2ccccc2)C1)c1cccc(Br)c1. The smallest absolute Gasteiger partial charge is 0.251 e. The minimum absolute atomic E-state index is 0.00728. The first-order valence-electron chi connectivity index (χ1n) is 7.53. The summed E-state index contributed by atoms with van der Waals surface area (Å²) in [6.45, 7) is 2.89. The van der Waals surface area contributed by atoms with Crippen LogP contribution < -0.4 is 5.32 Å². The molecule has 1 amide bonds. The lowest BCUT2D eigenvalue weighted by atomic mass is 10.2. The molecule has 0 bridgehead atoms. The highest BCUT2D eigenvalue weighted by atomic mass is 79.9. The molecular weight excluding hydrogens is 340 g/mol. The third kappa shape index (κ3) is 3.96. The summed E-state index contributed by atoms with van der Waals surface area (Å²) in [4.78, 5) is 14.7. The molecular formula is C18H19BrN2O. The monoisotopic (exact) mass is 358 g/mol. The molecule has 0 saturated carbocycles. The van der Waals surface area contributed by atoms with Crippen molar-refractivity contribution in [2.75, 3.05) is 13.1 Å². The predicted octanol–water partition coefficient (Wildman–Crippen LogP) is 3.45. The van der Waals surface area contributed by atoms with E-state index in [4.69, 9.17) is 0 Å². The van der Waals surface area contributed by atoms with Gasteiger partial charge in [0.1, 0.15) is 0 Å². The molecule has 1 aliphatic heterocycles. The second-order valence-corrected chi connectivity index (χ2v) is 6.61. The summed E-state index contributed by atoms with van der Waals surface area (Å²) in [5.41, 5.74) is 2.03. The molecule has 0 aliphatic carbocycles. The van der Waals surface area contributed by atoms with Crippen molar-refractivity contribution in [3.05, 3.63) is 70.2 Å². The molecule has 4 heteroatoms. The van der Waals surface area contributed by atoms with Crippen LogP contribution in [0.15, 0.2) is 59.1 Å². The maximum atomic E-state index is 12.3. The molecule has 1 unspecified atom stereocenters. The van der Waals surface area contributed by atoms with Crippen molar-refractivity contribution in [1.82, 2.24) is 10.2 Å². The number of nitrogens with zero attached hydrogens (tertiary/aromatic N) is 1. The Morgan fingerprint density at radius 2 is 2.00 bits per heavy atom. The maximum absolute atomic E-state index is 12.3. The molecule has 1 aliphatic rings. The molecule has 0 aromatic heterocycles. The molecule has 114 valence electrons. The van der Waals surface area contributed by atoms with Crippen LogP contribution in [-0.4, -0.2) is 29.9 Å². The molecule has 1 saturated heterocycles. The first kappa shape index (κ1) is 15.3. The van der Waals surface area contributed by atoms with E-state index < -0.39 is 0 Å². The van der Waals surface area contributed by atoms with Crippen molar-refractivity contribution in [3.8, 4) is 0 Å². The highest BCUT2D eigenvalue weighted by Crippen LogP contribution is 2.15. The normalized spacial score (nSPS) is 18.3. The number of likely N-dealkylation sites (tertiary alicyclic amines) is 1. The lowest BCUT2D eigenvalue weighted by Crippen LogP contribution is -2.36. The zero-order chi connectivity index (χ0) is 15.4. The van der Waals surface area contributed by atoms with Gasteiger partial charge in [0, 0.05) is 35.7 Å². The number of rotatable bonds is 4. The predicted molar refractivity (Wildman–Crippen MR) is 91.7 cm³/mol. The van der Waals surface area contributed by atoms with Gasteiger partial charge in [0.25, 0.3) is 5.91 Å². The fourth-order valence-electron chi connectivity index (χ4n) is 2.83. The Morgan fingerprint density at radius 3 is 2.77 bits per heavy atom. The lowest BCUT2D eigenvalue weighted by Gasteiger charge is -2.17. The second-order valence-electron chi connectivity index (χ2n) is 5.69. The van der Waals surface area contributed by atoms with Crippen molar-refractivity contribution >= 4 is 21.8 Å². The summed E-state index contributed by atoms with van der Waals surface area (Å²) in [6, 6.07) is 18.2. The van der Waals surface area contributed by atoms with E-state index in [0.717, 1.165) is 30.5 Å². The van der Waals surface area contributed by atoms with Crippen molar-refractivity contribution in [1.29, 1.82) is 0 Å². The van der Waals surface area contributed by atoms with E-state index in [1.165, 1.54) is 5.56 Å². The van der Waals surface area contributed by atoms with Gasteiger partial charge in [0.05, 0.1) is 0 Å².